The Balaban J connectivity index is 0.000000460. The van der Waals surface area contributed by atoms with Crippen LogP contribution in [-0.2, 0) is 26.6 Å². The van der Waals surface area contributed by atoms with E-state index in [0.29, 0.717) is 23.6 Å². The van der Waals surface area contributed by atoms with E-state index in [2.05, 4.69) is 0 Å². The Labute approximate surface area is 155 Å². The number of allylic oxidation sites excluding steroid dienone is 3. The standard InChI is InChI=1S/C10H16NO2S.C7H9N2.Co/c1-2-14(12,13)10-5-3-9(4-6-10)7-8-11;1-5-4-6(8)2-3-7(5)9;/h3,5,11H,2,4,6-8H2,1H3;2-4,8H,9H2,1H3;/q2*-1;+2. The van der Waals surface area contributed by atoms with Crippen LogP contribution in [-0.4, -0.2) is 20.7 Å². The maximum Gasteiger partial charge on any atom is 2.00 e. The quantitative estimate of drug-likeness (QED) is 0.746. The van der Waals surface area contributed by atoms with E-state index < -0.39 is 9.84 Å². The molecule has 5 nitrogen and oxygen atoms in total. The predicted octanol–water partition coefficient (Wildman–Crippen LogP) is 4.73. The van der Waals surface area contributed by atoms with Gasteiger partial charge in [-0.2, -0.15) is 0 Å². The minimum atomic E-state index is -2.99. The monoisotopic (exact) mass is 394 g/mol. The topological polar surface area (TPSA) is 108 Å². The molecule has 0 amide bonds. The Kier molecular flexibility index (Phi) is 9.99. The van der Waals surface area contributed by atoms with E-state index >= 15 is 0 Å². The van der Waals surface area contributed by atoms with E-state index in [1.807, 2.05) is 13.0 Å². The summed E-state index contributed by atoms with van der Waals surface area (Å²) in [4.78, 5) is 0.550. The summed E-state index contributed by atoms with van der Waals surface area (Å²) < 4.78 is 23.0. The summed E-state index contributed by atoms with van der Waals surface area (Å²) in [6.07, 6.45) is 5.73. The van der Waals surface area contributed by atoms with Crippen LogP contribution in [0.3, 0.4) is 0 Å². The van der Waals surface area contributed by atoms with Crippen molar-refractivity contribution < 1.29 is 25.2 Å². The van der Waals surface area contributed by atoms with Crippen LogP contribution in [0, 0.1) is 6.92 Å². The number of hydrogen-bond acceptors (Lipinski definition) is 3. The molecule has 1 aliphatic rings. The van der Waals surface area contributed by atoms with Crippen molar-refractivity contribution in [3.05, 3.63) is 57.9 Å². The number of nitrogen functional groups attached to an aromatic ring is 1. The van der Waals surface area contributed by atoms with Gasteiger partial charge in [0, 0.05) is 10.6 Å². The zero-order chi connectivity index (χ0) is 17.5. The number of benzene rings is 1. The van der Waals surface area contributed by atoms with E-state index in [4.69, 9.17) is 17.2 Å². The summed E-state index contributed by atoms with van der Waals surface area (Å²) in [6.45, 7) is 3.95. The van der Waals surface area contributed by atoms with Gasteiger partial charge in [-0.05, 0) is 37.5 Å². The SMILES string of the molecule is CCS(=O)(=O)C1=CC=C(CC[NH-])CC1.Cc1cc([NH-])ccc1N.[Co+2]. The molecule has 1 radical (unpaired) electrons. The van der Waals surface area contributed by atoms with Crippen molar-refractivity contribution >= 4 is 21.2 Å². The molecule has 1 aromatic rings. The second kappa shape index (κ2) is 10.6. The first-order chi connectivity index (χ1) is 10.8. The van der Waals surface area contributed by atoms with E-state index in [-0.39, 0.29) is 22.5 Å². The maximum absolute atomic E-state index is 11.5. The fourth-order valence-corrected chi connectivity index (χ4v) is 3.21. The number of nitrogens with two attached hydrogens (primary N) is 1. The third-order valence-corrected chi connectivity index (χ3v) is 5.59. The minimum absolute atomic E-state index is 0. The van der Waals surface area contributed by atoms with Gasteiger partial charge in [-0.3, -0.25) is 0 Å². The summed E-state index contributed by atoms with van der Waals surface area (Å²) in [7, 11) is -2.99. The van der Waals surface area contributed by atoms with Gasteiger partial charge in [-0.15, -0.1) is 12.2 Å². The molecule has 1 aliphatic carbocycles. The molecule has 2 rings (SSSR count). The van der Waals surface area contributed by atoms with Crippen LogP contribution in [0.4, 0.5) is 11.4 Å². The zero-order valence-corrected chi connectivity index (χ0v) is 15.9. The molecule has 7 heteroatoms. The van der Waals surface area contributed by atoms with Gasteiger partial charge in [0.25, 0.3) is 0 Å². The number of rotatable bonds is 4. The van der Waals surface area contributed by atoms with Crippen molar-refractivity contribution in [3.8, 4) is 0 Å². The number of hydrogen-bond donors (Lipinski definition) is 1. The number of nitrogens with one attached hydrogen (secondary N) is 2. The van der Waals surface area contributed by atoms with E-state index in [1.165, 1.54) is 5.57 Å². The zero-order valence-electron chi connectivity index (χ0n) is 14.1. The summed E-state index contributed by atoms with van der Waals surface area (Å²) in [5, 5.41) is 0. The minimum Gasteiger partial charge on any atom is -0.699 e. The molecule has 0 saturated heterocycles. The van der Waals surface area contributed by atoms with Crippen molar-refractivity contribution in [2.75, 3.05) is 18.0 Å². The molecule has 0 spiro atoms. The first-order valence-electron chi connectivity index (χ1n) is 7.63. The van der Waals surface area contributed by atoms with Crippen LogP contribution < -0.4 is 5.73 Å². The van der Waals surface area contributed by atoms with Crippen molar-refractivity contribution in [1.29, 1.82) is 0 Å². The van der Waals surface area contributed by atoms with Crippen LogP contribution in [0.5, 0.6) is 0 Å². The van der Waals surface area contributed by atoms with Crippen LogP contribution >= 0.6 is 0 Å². The molecule has 0 heterocycles. The predicted molar refractivity (Wildman–Crippen MR) is 98.2 cm³/mol. The third-order valence-electron chi connectivity index (χ3n) is 3.69. The normalized spacial score (nSPS) is 13.8. The van der Waals surface area contributed by atoms with Gasteiger partial charge in [0.15, 0.2) is 9.84 Å². The molecule has 0 atom stereocenters. The molecule has 0 aromatic heterocycles. The van der Waals surface area contributed by atoms with Crippen molar-refractivity contribution in [3.63, 3.8) is 0 Å². The number of anilines is 1. The number of aryl methyl sites for hydroxylation is 1. The molecule has 4 N–H and O–H groups in total. The second-order valence-electron chi connectivity index (χ2n) is 5.43. The van der Waals surface area contributed by atoms with Gasteiger partial charge < -0.3 is 17.2 Å². The Morgan fingerprint density at radius 3 is 2.29 bits per heavy atom. The maximum atomic E-state index is 11.5. The average molecular weight is 394 g/mol. The van der Waals surface area contributed by atoms with Gasteiger partial charge in [0.2, 0.25) is 0 Å². The Hall–Kier alpha value is -1.28. The van der Waals surface area contributed by atoms with Gasteiger partial charge in [0.05, 0.1) is 5.75 Å². The Bertz CT molecular complexity index is 698. The molecule has 0 aliphatic heterocycles. The molecule has 0 fully saturated rings. The first kappa shape index (κ1) is 22.7. The Morgan fingerprint density at radius 2 is 1.88 bits per heavy atom. The van der Waals surface area contributed by atoms with Crippen molar-refractivity contribution in [2.24, 2.45) is 0 Å². The van der Waals surface area contributed by atoms with Crippen LogP contribution in [0.2, 0.25) is 0 Å². The van der Waals surface area contributed by atoms with E-state index in [9.17, 15) is 8.42 Å². The molecule has 24 heavy (non-hydrogen) atoms. The van der Waals surface area contributed by atoms with E-state index in [1.54, 1.807) is 31.2 Å². The van der Waals surface area contributed by atoms with Gasteiger partial charge in [0.1, 0.15) is 0 Å². The van der Waals surface area contributed by atoms with E-state index in [0.717, 1.165) is 24.1 Å². The molecule has 0 saturated carbocycles. The summed E-state index contributed by atoms with van der Waals surface area (Å²) in [5.74, 6) is 0.181. The average Bonchev–Trinajstić information content (AvgIpc) is 2.53. The van der Waals surface area contributed by atoms with Crippen LogP contribution in [0.25, 0.3) is 11.5 Å². The van der Waals surface area contributed by atoms with Crippen LogP contribution in [0.15, 0.2) is 40.8 Å². The Morgan fingerprint density at radius 1 is 1.21 bits per heavy atom. The van der Waals surface area contributed by atoms with Crippen molar-refractivity contribution in [2.45, 2.75) is 33.1 Å². The van der Waals surface area contributed by atoms with Gasteiger partial charge in [-0.25, -0.2) is 8.42 Å². The molecule has 1 aromatic carbocycles. The largest absolute Gasteiger partial charge is 2.00 e. The smallest absolute Gasteiger partial charge is 0.699 e. The first-order valence-corrected chi connectivity index (χ1v) is 9.29. The molecular weight excluding hydrogens is 369 g/mol. The van der Waals surface area contributed by atoms with Gasteiger partial charge >= 0.3 is 16.8 Å². The molecular formula is C17H25CoN3O2S. The summed E-state index contributed by atoms with van der Waals surface area (Å²) >= 11 is 0. The summed E-state index contributed by atoms with van der Waals surface area (Å²) in [6, 6.07) is 5.18. The molecule has 135 valence electrons. The molecule has 0 unspecified atom stereocenters. The summed E-state index contributed by atoms with van der Waals surface area (Å²) in [5.41, 5.74) is 23.2. The van der Waals surface area contributed by atoms with Crippen molar-refractivity contribution in [1.82, 2.24) is 0 Å². The number of sulfone groups is 1. The fourth-order valence-electron chi connectivity index (χ4n) is 2.15. The molecule has 0 bridgehead atoms. The fraction of sp³-hybridized carbons (Fsp3) is 0.412. The second-order valence-corrected chi connectivity index (χ2v) is 7.76. The van der Waals surface area contributed by atoms with Gasteiger partial charge in [-0.1, -0.05) is 37.1 Å². The third kappa shape index (κ3) is 7.08. The van der Waals surface area contributed by atoms with Crippen LogP contribution in [0.1, 0.15) is 31.7 Å².